The smallest absolute Gasteiger partial charge is 0.228 e. The van der Waals surface area contributed by atoms with Gasteiger partial charge in [0, 0.05) is 17.0 Å². The summed E-state index contributed by atoms with van der Waals surface area (Å²) in [7, 11) is 0. The number of hydrogen-bond donors (Lipinski definition) is 0. The molecule has 5 nitrogen and oxygen atoms in total. The van der Waals surface area contributed by atoms with E-state index < -0.39 is 0 Å². The summed E-state index contributed by atoms with van der Waals surface area (Å²) in [6.45, 7) is 2.07. The van der Waals surface area contributed by atoms with Gasteiger partial charge in [-0.25, -0.2) is 14.5 Å². The van der Waals surface area contributed by atoms with E-state index in [0.717, 1.165) is 28.1 Å². The van der Waals surface area contributed by atoms with Crippen LogP contribution < -0.4 is 4.74 Å². The monoisotopic (exact) mass is 440 g/mol. The first-order chi connectivity index (χ1) is 16.8. The predicted molar refractivity (Wildman–Crippen MR) is 132 cm³/mol. The van der Waals surface area contributed by atoms with E-state index in [9.17, 15) is 0 Å². The Balaban J connectivity index is 1.54. The molecule has 4 aromatic carbocycles. The first kappa shape index (κ1) is 19.0. The van der Waals surface area contributed by atoms with Crippen molar-refractivity contribution in [2.75, 3.05) is 0 Å². The number of fused-ring (bicyclic) bond motifs is 6. The molecule has 1 atom stereocenters. The van der Waals surface area contributed by atoms with Gasteiger partial charge in [0.2, 0.25) is 5.88 Å². The van der Waals surface area contributed by atoms with Crippen LogP contribution in [0.3, 0.4) is 0 Å². The minimum absolute atomic E-state index is 0.0863. The molecule has 0 amide bonds. The highest BCUT2D eigenvalue weighted by Crippen LogP contribution is 2.50. The molecule has 162 valence electrons. The van der Waals surface area contributed by atoms with Crippen molar-refractivity contribution in [3.05, 3.63) is 120 Å². The van der Waals surface area contributed by atoms with E-state index in [-0.39, 0.29) is 5.92 Å². The molecule has 34 heavy (non-hydrogen) atoms. The van der Waals surface area contributed by atoms with Gasteiger partial charge in [-0.1, -0.05) is 84.4 Å². The topological polar surface area (TPSA) is 52.3 Å². The molecule has 0 spiro atoms. The quantitative estimate of drug-likeness (QED) is 0.306. The van der Waals surface area contributed by atoms with E-state index in [4.69, 9.17) is 14.8 Å². The SMILES string of the molecule is Cc1cccc(-c2nc3c4c(ncn3n2)Oc2ccc3ccccc3c2[C@H]4c2ccccc2)c1. The normalized spacial score (nSPS) is 14.6. The number of benzene rings is 4. The number of rotatable bonds is 2. The molecule has 1 aliphatic rings. The van der Waals surface area contributed by atoms with Crippen molar-refractivity contribution in [3.8, 4) is 23.0 Å². The third-order valence-electron chi connectivity index (χ3n) is 6.51. The Morgan fingerprint density at radius 3 is 2.56 bits per heavy atom. The summed E-state index contributed by atoms with van der Waals surface area (Å²) in [6, 6.07) is 31.3. The summed E-state index contributed by atoms with van der Waals surface area (Å²) < 4.78 is 8.16. The van der Waals surface area contributed by atoms with Crippen LogP contribution in [0.5, 0.6) is 11.6 Å². The van der Waals surface area contributed by atoms with Gasteiger partial charge in [-0.2, -0.15) is 0 Å². The van der Waals surface area contributed by atoms with Crippen LogP contribution in [0.1, 0.15) is 28.2 Å². The standard InChI is InChI=1S/C29H20N4O/c1-18-8-7-12-21(16-18)27-31-28-26-24(20-10-3-2-4-11-20)25-22-13-6-5-9-19(22)14-15-23(25)34-29(26)30-17-33(28)32-27/h2-17,24H,1H3/t24-/m1/s1. The fraction of sp³-hybridized carbons (Fsp3) is 0.0690. The van der Waals surface area contributed by atoms with E-state index in [0.29, 0.717) is 11.7 Å². The number of aryl methyl sites for hydroxylation is 1. The van der Waals surface area contributed by atoms with Gasteiger partial charge in [-0.3, -0.25) is 0 Å². The molecule has 0 aliphatic carbocycles. The maximum Gasteiger partial charge on any atom is 0.228 e. The average molecular weight is 441 g/mol. The summed E-state index contributed by atoms with van der Waals surface area (Å²) in [4.78, 5) is 9.66. The molecule has 7 rings (SSSR count). The Bertz CT molecular complexity index is 1700. The largest absolute Gasteiger partial charge is 0.438 e. The molecular formula is C29H20N4O. The minimum atomic E-state index is -0.0863. The molecule has 0 unspecified atom stereocenters. The van der Waals surface area contributed by atoms with Crippen LogP contribution in [-0.2, 0) is 0 Å². The lowest BCUT2D eigenvalue weighted by molar-refractivity contribution is 0.433. The molecule has 0 saturated carbocycles. The maximum atomic E-state index is 6.39. The van der Waals surface area contributed by atoms with Crippen LogP contribution >= 0.6 is 0 Å². The molecule has 3 heterocycles. The molecule has 0 N–H and O–H groups in total. The second-order valence-corrected chi connectivity index (χ2v) is 8.68. The lowest BCUT2D eigenvalue weighted by Gasteiger charge is -2.29. The van der Waals surface area contributed by atoms with Crippen molar-refractivity contribution in [2.45, 2.75) is 12.8 Å². The molecule has 5 heteroatoms. The summed E-state index contributed by atoms with van der Waals surface area (Å²) in [5.74, 6) is 1.99. The van der Waals surface area contributed by atoms with Gasteiger partial charge in [0.1, 0.15) is 12.1 Å². The molecular weight excluding hydrogens is 420 g/mol. The van der Waals surface area contributed by atoms with Crippen LogP contribution in [0.25, 0.3) is 27.8 Å². The third kappa shape index (κ3) is 2.83. The third-order valence-corrected chi connectivity index (χ3v) is 6.51. The average Bonchev–Trinajstić information content (AvgIpc) is 3.33. The number of nitrogens with zero attached hydrogens (tertiary/aromatic N) is 4. The zero-order chi connectivity index (χ0) is 22.6. The van der Waals surface area contributed by atoms with Crippen molar-refractivity contribution >= 4 is 16.4 Å². The molecule has 0 fully saturated rings. The number of ether oxygens (including phenoxy) is 1. The Morgan fingerprint density at radius 2 is 1.68 bits per heavy atom. The van der Waals surface area contributed by atoms with Gasteiger partial charge in [0.15, 0.2) is 11.5 Å². The van der Waals surface area contributed by atoms with Gasteiger partial charge in [-0.15, -0.1) is 5.10 Å². The summed E-state index contributed by atoms with van der Waals surface area (Å²) in [6.07, 6.45) is 1.69. The number of hydrogen-bond acceptors (Lipinski definition) is 4. The molecule has 1 aliphatic heterocycles. The molecule has 2 aromatic heterocycles. The van der Waals surface area contributed by atoms with E-state index in [1.807, 2.05) is 24.3 Å². The van der Waals surface area contributed by atoms with Gasteiger partial charge in [-0.05, 0) is 35.4 Å². The van der Waals surface area contributed by atoms with Crippen molar-refractivity contribution in [2.24, 2.45) is 0 Å². The lowest BCUT2D eigenvalue weighted by Crippen LogP contribution is -2.15. The molecule has 6 aromatic rings. The molecule has 0 bridgehead atoms. The zero-order valence-corrected chi connectivity index (χ0v) is 18.5. The highest BCUT2D eigenvalue weighted by molar-refractivity contribution is 5.90. The maximum absolute atomic E-state index is 6.39. The van der Waals surface area contributed by atoms with Crippen molar-refractivity contribution in [1.82, 2.24) is 19.6 Å². The Morgan fingerprint density at radius 1 is 0.824 bits per heavy atom. The van der Waals surface area contributed by atoms with Gasteiger partial charge in [0.25, 0.3) is 0 Å². The predicted octanol–water partition coefficient (Wildman–Crippen LogP) is 6.54. The van der Waals surface area contributed by atoms with E-state index in [2.05, 4.69) is 78.6 Å². The van der Waals surface area contributed by atoms with Crippen LogP contribution in [0.2, 0.25) is 0 Å². The Hall–Kier alpha value is -4.51. The summed E-state index contributed by atoms with van der Waals surface area (Å²) in [5.41, 5.74) is 6.14. The van der Waals surface area contributed by atoms with Gasteiger partial charge in [0.05, 0.1) is 5.56 Å². The summed E-state index contributed by atoms with van der Waals surface area (Å²) >= 11 is 0. The highest BCUT2D eigenvalue weighted by atomic mass is 16.5. The van der Waals surface area contributed by atoms with E-state index in [1.165, 1.54) is 21.9 Å². The van der Waals surface area contributed by atoms with E-state index >= 15 is 0 Å². The zero-order valence-electron chi connectivity index (χ0n) is 18.5. The van der Waals surface area contributed by atoms with Crippen LogP contribution in [0.15, 0.2) is 97.3 Å². The second kappa shape index (κ2) is 7.25. The molecule has 0 radical (unpaired) electrons. The van der Waals surface area contributed by atoms with Crippen LogP contribution in [0.4, 0.5) is 0 Å². The van der Waals surface area contributed by atoms with Crippen LogP contribution in [0, 0.1) is 6.92 Å². The second-order valence-electron chi connectivity index (χ2n) is 8.68. The van der Waals surface area contributed by atoms with Crippen molar-refractivity contribution < 1.29 is 4.74 Å². The van der Waals surface area contributed by atoms with E-state index in [1.54, 1.807) is 10.8 Å². The fourth-order valence-electron chi connectivity index (χ4n) is 4.99. The van der Waals surface area contributed by atoms with Gasteiger partial charge >= 0.3 is 0 Å². The Kier molecular flexibility index (Phi) is 4.05. The van der Waals surface area contributed by atoms with Crippen molar-refractivity contribution in [3.63, 3.8) is 0 Å². The Labute approximate surface area is 196 Å². The summed E-state index contributed by atoms with van der Waals surface area (Å²) in [5, 5.41) is 7.11. The molecule has 0 saturated heterocycles. The minimum Gasteiger partial charge on any atom is -0.438 e. The first-order valence-corrected chi connectivity index (χ1v) is 11.3. The van der Waals surface area contributed by atoms with Crippen molar-refractivity contribution in [1.29, 1.82) is 0 Å². The fourth-order valence-corrected chi connectivity index (χ4v) is 4.99. The highest BCUT2D eigenvalue weighted by Gasteiger charge is 2.34. The lowest BCUT2D eigenvalue weighted by atomic mass is 9.81. The number of aromatic nitrogens is 4. The van der Waals surface area contributed by atoms with Gasteiger partial charge < -0.3 is 4.74 Å². The van der Waals surface area contributed by atoms with Crippen LogP contribution in [-0.4, -0.2) is 19.6 Å². The first-order valence-electron chi connectivity index (χ1n) is 11.3.